The van der Waals surface area contributed by atoms with Crippen LogP contribution in [0.25, 0.3) is 0 Å². The summed E-state index contributed by atoms with van der Waals surface area (Å²) in [6, 6.07) is 0. The van der Waals surface area contributed by atoms with E-state index < -0.39 is 23.5 Å². The zero-order valence-corrected chi connectivity index (χ0v) is 14.6. The first-order valence-electron chi connectivity index (χ1n) is 5.99. The van der Waals surface area contributed by atoms with Gasteiger partial charge in [-0.25, -0.2) is 9.59 Å². The summed E-state index contributed by atoms with van der Waals surface area (Å²) in [4.78, 5) is 42.8. The molecule has 0 saturated heterocycles. The molecule has 8 nitrogen and oxygen atoms in total. The van der Waals surface area contributed by atoms with Crippen molar-refractivity contribution in [1.82, 2.24) is 0 Å². The van der Waals surface area contributed by atoms with Crippen molar-refractivity contribution in [2.24, 2.45) is 0 Å². The molecule has 0 aromatic heterocycles. The molecule has 0 rings (SSSR count). The van der Waals surface area contributed by atoms with Gasteiger partial charge in [0.05, 0.1) is 14.2 Å². The number of carbonyl (C=O) groups is 4. The zero-order chi connectivity index (χ0) is 18.0. The van der Waals surface area contributed by atoms with Gasteiger partial charge in [-0.2, -0.15) is 0 Å². The number of Topliss-reactive ketones (excluding diaryl/α,β-unsaturated/α-hetero) is 2. The minimum Gasteiger partial charge on any atom is -0.512 e. The van der Waals surface area contributed by atoms with E-state index in [-0.39, 0.29) is 39.2 Å². The van der Waals surface area contributed by atoms with Crippen molar-refractivity contribution < 1.29 is 55.4 Å². The number of hydrogen-bond acceptors (Lipinski definition) is 8. The molecule has 0 spiro atoms. The molecule has 23 heavy (non-hydrogen) atoms. The van der Waals surface area contributed by atoms with Gasteiger partial charge in [0, 0.05) is 16.5 Å². The summed E-state index contributed by atoms with van der Waals surface area (Å²) in [5.41, 5.74) is -0.597. The number of carbonyl (C=O) groups excluding carboxylic acids is 4. The van der Waals surface area contributed by atoms with Crippen LogP contribution in [0.5, 0.6) is 0 Å². The van der Waals surface area contributed by atoms with Crippen molar-refractivity contribution >= 4 is 23.5 Å². The van der Waals surface area contributed by atoms with Crippen LogP contribution in [0, 0.1) is 0 Å². The third-order valence-corrected chi connectivity index (χ3v) is 2.21. The second kappa shape index (κ2) is 12.4. The molecule has 0 amide bonds. The number of esters is 2. The molecule has 9 heteroatoms. The van der Waals surface area contributed by atoms with Gasteiger partial charge in [0.1, 0.15) is 22.7 Å². The quantitative estimate of drug-likeness (QED) is 0.187. The maximum Gasteiger partial charge on any atom is 0.344 e. The topological polar surface area (TPSA) is 127 Å². The summed E-state index contributed by atoms with van der Waals surface area (Å²) in [6.07, 6.45) is 0. The molecule has 0 aliphatic heterocycles. The fraction of sp³-hybridized carbons (Fsp3) is 0.429. The Morgan fingerprint density at radius 3 is 0.913 bits per heavy atom. The number of ether oxygens (including phenoxy) is 2. The van der Waals surface area contributed by atoms with Crippen molar-refractivity contribution in [2.45, 2.75) is 27.7 Å². The van der Waals surface area contributed by atoms with E-state index in [4.69, 9.17) is 10.2 Å². The third kappa shape index (κ3) is 9.47. The van der Waals surface area contributed by atoms with E-state index in [9.17, 15) is 19.2 Å². The van der Waals surface area contributed by atoms with Gasteiger partial charge in [-0.3, -0.25) is 9.59 Å². The molecule has 0 aromatic rings. The number of aliphatic hydroxyl groups is 2. The average Bonchev–Trinajstić information content (AvgIpc) is 2.37. The molecular formula is C14H20NiO8. The molecule has 0 unspecified atom stereocenters. The van der Waals surface area contributed by atoms with Gasteiger partial charge >= 0.3 is 11.9 Å². The van der Waals surface area contributed by atoms with E-state index in [0.717, 1.165) is 14.2 Å². The molecule has 0 bridgehead atoms. The first-order valence-corrected chi connectivity index (χ1v) is 5.99. The van der Waals surface area contributed by atoms with Crippen LogP contribution in [0.2, 0.25) is 0 Å². The molecule has 134 valence electrons. The SMILES string of the molecule is COC(=O)/C(C(C)=O)=C(\C)O.COC(=O)/C(C(C)=O)=C(\C)O.[Ni]. The van der Waals surface area contributed by atoms with Crippen LogP contribution in [-0.4, -0.2) is 47.9 Å². The Morgan fingerprint density at radius 1 is 0.652 bits per heavy atom. The monoisotopic (exact) mass is 374 g/mol. The van der Waals surface area contributed by atoms with Gasteiger partial charge in [0.25, 0.3) is 0 Å². The van der Waals surface area contributed by atoms with Gasteiger partial charge in [-0.05, 0) is 27.7 Å². The van der Waals surface area contributed by atoms with Crippen molar-refractivity contribution in [3.05, 3.63) is 22.7 Å². The van der Waals surface area contributed by atoms with Crippen molar-refractivity contribution in [3.63, 3.8) is 0 Å². The first kappa shape index (κ1) is 25.8. The molecule has 0 heterocycles. The fourth-order valence-electron chi connectivity index (χ4n) is 1.30. The molecule has 2 N–H and O–H groups in total. The van der Waals surface area contributed by atoms with Crippen molar-refractivity contribution in [2.75, 3.05) is 14.2 Å². The van der Waals surface area contributed by atoms with Gasteiger partial charge < -0.3 is 19.7 Å². The maximum absolute atomic E-state index is 10.7. The summed E-state index contributed by atoms with van der Waals surface area (Å²) in [6.45, 7) is 4.89. The fourth-order valence-corrected chi connectivity index (χ4v) is 1.30. The largest absolute Gasteiger partial charge is 0.512 e. The summed E-state index contributed by atoms with van der Waals surface area (Å²) < 4.78 is 8.51. The van der Waals surface area contributed by atoms with Crippen LogP contribution in [0.3, 0.4) is 0 Å². The molecular weight excluding hydrogens is 355 g/mol. The van der Waals surface area contributed by atoms with Crippen molar-refractivity contribution in [1.29, 1.82) is 0 Å². The van der Waals surface area contributed by atoms with Gasteiger partial charge in [0.15, 0.2) is 11.6 Å². The van der Waals surface area contributed by atoms with E-state index in [1.165, 1.54) is 27.7 Å². The molecule has 0 saturated carbocycles. The normalized spacial score (nSPS) is 11.4. The predicted molar refractivity (Wildman–Crippen MR) is 76.1 cm³/mol. The Kier molecular flexibility index (Phi) is 13.9. The molecule has 0 aromatic carbocycles. The van der Waals surface area contributed by atoms with E-state index in [1.54, 1.807) is 0 Å². The van der Waals surface area contributed by atoms with Gasteiger partial charge in [-0.1, -0.05) is 0 Å². The van der Waals surface area contributed by atoms with E-state index in [2.05, 4.69) is 9.47 Å². The minimum absolute atomic E-state index is 0. The van der Waals surface area contributed by atoms with Crippen LogP contribution in [-0.2, 0) is 45.1 Å². The summed E-state index contributed by atoms with van der Waals surface area (Å²) in [7, 11) is 2.29. The minimum atomic E-state index is -0.808. The van der Waals surface area contributed by atoms with E-state index in [0.29, 0.717) is 0 Å². The molecule has 0 atom stereocenters. The molecule has 0 aliphatic rings. The number of methoxy groups -OCH3 is 2. The second-order valence-electron chi connectivity index (χ2n) is 4.02. The van der Waals surface area contributed by atoms with Crippen LogP contribution >= 0.6 is 0 Å². The zero-order valence-electron chi connectivity index (χ0n) is 13.7. The number of aliphatic hydroxyl groups excluding tert-OH is 2. The average molecular weight is 375 g/mol. The second-order valence-corrected chi connectivity index (χ2v) is 4.02. The smallest absolute Gasteiger partial charge is 0.344 e. The molecule has 0 radical (unpaired) electrons. The van der Waals surface area contributed by atoms with Crippen molar-refractivity contribution in [3.8, 4) is 0 Å². The molecule has 0 fully saturated rings. The van der Waals surface area contributed by atoms with Gasteiger partial charge in [0.2, 0.25) is 0 Å². The third-order valence-electron chi connectivity index (χ3n) is 2.21. The molecule has 0 aliphatic carbocycles. The van der Waals surface area contributed by atoms with Crippen LogP contribution in [0.1, 0.15) is 27.7 Å². The van der Waals surface area contributed by atoms with E-state index >= 15 is 0 Å². The Morgan fingerprint density at radius 2 is 0.870 bits per heavy atom. The Balaban J connectivity index is -0.000000333. The first-order chi connectivity index (χ1) is 10.0. The van der Waals surface area contributed by atoms with Crippen LogP contribution in [0.15, 0.2) is 22.7 Å². The standard InChI is InChI=1S/2C7H10O4.Ni/c2*1-4(8)6(5(2)9)7(10)11-3;/h2*8H,1-3H3;/b2*6-4+;. The predicted octanol–water partition coefficient (Wildman–Crippen LogP) is 1.16. The summed E-state index contributed by atoms with van der Waals surface area (Å²) in [5.74, 6) is -3.25. The summed E-state index contributed by atoms with van der Waals surface area (Å²) >= 11 is 0. The number of hydrogen-bond donors (Lipinski definition) is 2. The van der Waals surface area contributed by atoms with Crippen LogP contribution < -0.4 is 0 Å². The number of rotatable bonds is 4. The number of allylic oxidation sites excluding steroid dienone is 2. The Bertz CT molecular complexity index is 475. The van der Waals surface area contributed by atoms with E-state index in [1.807, 2.05) is 0 Å². The Labute approximate surface area is 144 Å². The summed E-state index contributed by atoms with van der Waals surface area (Å²) in [5, 5.41) is 17.7. The van der Waals surface area contributed by atoms with Crippen LogP contribution in [0.4, 0.5) is 0 Å². The van der Waals surface area contributed by atoms with Gasteiger partial charge in [-0.15, -0.1) is 0 Å². The number of ketones is 2. The Hall–Kier alpha value is -2.15. The maximum atomic E-state index is 10.7.